The third kappa shape index (κ3) is 4.72. The number of hydrogen-bond acceptors (Lipinski definition) is 6. The van der Waals surface area contributed by atoms with Gasteiger partial charge in [-0.1, -0.05) is 0 Å². The van der Waals surface area contributed by atoms with Crippen LogP contribution in [0, 0.1) is 0 Å². The number of aliphatic carboxylic acids is 1. The quantitative estimate of drug-likeness (QED) is 0.702. The summed E-state index contributed by atoms with van der Waals surface area (Å²) in [6.45, 7) is -0.926. The number of carbonyl (C=O) groups is 2. The average molecular weight is 317 g/mol. The highest BCUT2D eigenvalue weighted by molar-refractivity contribution is 7.89. The summed E-state index contributed by atoms with van der Waals surface area (Å²) in [5.74, 6) is -1.52. The van der Waals surface area contributed by atoms with Gasteiger partial charge in [0.2, 0.25) is 10.0 Å². The number of methoxy groups -OCH3 is 1. The standard InChI is InChI=1S/C12H15NO7S/c1-13(7-11(14)15)21(17,18)10-5-3-9(4-6-10)20-8-12(16)19-2/h3-6H,7-8H2,1-2H3,(H,14,15). The third-order valence-electron chi connectivity index (χ3n) is 2.47. The molecule has 0 aliphatic rings. The fraction of sp³-hybridized carbons (Fsp3) is 0.333. The van der Waals surface area contributed by atoms with Crippen LogP contribution in [0.4, 0.5) is 0 Å². The van der Waals surface area contributed by atoms with Crippen LogP contribution in [-0.2, 0) is 24.3 Å². The molecule has 0 aliphatic carbocycles. The Kier molecular flexibility index (Phi) is 5.68. The summed E-state index contributed by atoms with van der Waals surface area (Å²) < 4.78 is 34.3. The Morgan fingerprint density at radius 1 is 1.24 bits per heavy atom. The number of carboxylic acid groups (broad SMARTS) is 1. The summed E-state index contributed by atoms with van der Waals surface area (Å²) in [6.07, 6.45) is 0. The molecule has 0 atom stereocenters. The van der Waals surface area contributed by atoms with Crippen LogP contribution in [0.3, 0.4) is 0 Å². The fourth-order valence-electron chi connectivity index (χ4n) is 1.36. The number of ether oxygens (including phenoxy) is 2. The van der Waals surface area contributed by atoms with E-state index in [1.807, 2.05) is 0 Å². The molecule has 0 spiro atoms. The van der Waals surface area contributed by atoms with E-state index in [0.717, 1.165) is 4.31 Å². The Labute approximate surface area is 121 Å². The molecule has 0 saturated carbocycles. The molecular formula is C12H15NO7S. The summed E-state index contributed by atoms with van der Waals surface area (Å²) in [6, 6.07) is 5.26. The Hall–Kier alpha value is -2.13. The molecular weight excluding hydrogens is 302 g/mol. The van der Waals surface area contributed by atoms with E-state index in [1.54, 1.807) is 0 Å². The first kappa shape index (κ1) is 16.9. The van der Waals surface area contributed by atoms with Crippen molar-refractivity contribution in [2.24, 2.45) is 0 Å². The molecule has 21 heavy (non-hydrogen) atoms. The van der Waals surface area contributed by atoms with Crippen LogP contribution in [0.15, 0.2) is 29.2 Å². The lowest BCUT2D eigenvalue weighted by Gasteiger charge is -2.15. The number of benzene rings is 1. The molecule has 0 fully saturated rings. The van der Waals surface area contributed by atoms with Crippen molar-refractivity contribution in [3.63, 3.8) is 0 Å². The Morgan fingerprint density at radius 3 is 2.29 bits per heavy atom. The molecule has 1 aromatic rings. The highest BCUT2D eigenvalue weighted by Gasteiger charge is 2.22. The lowest BCUT2D eigenvalue weighted by Crippen LogP contribution is -2.31. The van der Waals surface area contributed by atoms with Gasteiger partial charge in [0.05, 0.1) is 12.0 Å². The van der Waals surface area contributed by atoms with Crippen molar-refractivity contribution in [1.29, 1.82) is 0 Å². The van der Waals surface area contributed by atoms with Crippen molar-refractivity contribution < 1.29 is 32.6 Å². The first-order chi connectivity index (χ1) is 9.77. The molecule has 0 unspecified atom stereocenters. The molecule has 0 bridgehead atoms. The lowest BCUT2D eigenvalue weighted by molar-refractivity contribution is -0.143. The van der Waals surface area contributed by atoms with Gasteiger partial charge in [-0.05, 0) is 24.3 Å². The molecule has 1 aromatic carbocycles. The van der Waals surface area contributed by atoms with Crippen LogP contribution in [0.25, 0.3) is 0 Å². The summed E-state index contributed by atoms with van der Waals surface area (Å²) in [5.41, 5.74) is 0. The highest BCUT2D eigenvalue weighted by Crippen LogP contribution is 2.18. The van der Waals surface area contributed by atoms with Crippen LogP contribution in [0.5, 0.6) is 5.75 Å². The fourth-order valence-corrected chi connectivity index (χ4v) is 2.48. The van der Waals surface area contributed by atoms with Gasteiger partial charge in [0.1, 0.15) is 12.3 Å². The Bertz CT molecular complexity index is 609. The van der Waals surface area contributed by atoms with Gasteiger partial charge >= 0.3 is 11.9 Å². The number of esters is 1. The second-order valence-electron chi connectivity index (χ2n) is 3.99. The number of sulfonamides is 1. The molecule has 0 aliphatic heterocycles. The average Bonchev–Trinajstić information content (AvgIpc) is 2.44. The second-order valence-corrected chi connectivity index (χ2v) is 6.04. The number of nitrogens with zero attached hydrogens (tertiary/aromatic N) is 1. The number of carbonyl (C=O) groups excluding carboxylic acids is 1. The van der Waals surface area contributed by atoms with E-state index in [-0.39, 0.29) is 11.5 Å². The smallest absolute Gasteiger partial charge is 0.343 e. The molecule has 8 nitrogen and oxygen atoms in total. The largest absolute Gasteiger partial charge is 0.482 e. The van der Waals surface area contributed by atoms with Crippen molar-refractivity contribution in [1.82, 2.24) is 4.31 Å². The minimum absolute atomic E-state index is 0.0725. The van der Waals surface area contributed by atoms with Gasteiger partial charge in [0, 0.05) is 7.05 Å². The Morgan fingerprint density at radius 2 is 1.81 bits per heavy atom. The molecule has 0 amide bonds. The maximum atomic E-state index is 12.0. The van der Waals surface area contributed by atoms with Gasteiger partial charge < -0.3 is 14.6 Å². The molecule has 0 aromatic heterocycles. The number of carboxylic acids is 1. The van der Waals surface area contributed by atoms with Crippen LogP contribution in [0.1, 0.15) is 0 Å². The second kappa shape index (κ2) is 7.04. The number of likely N-dealkylation sites (N-methyl/N-ethyl adjacent to an activating group) is 1. The van der Waals surface area contributed by atoms with Crippen molar-refractivity contribution >= 4 is 22.0 Å². The van der Waals surface area contributed by atoms with Crippen LogP contribution in [0.2, 0.25) is 0 Å². The first-order valence-corrected chi connectivity index (χ1v) is 7.19. The maximum absolute atomic E-state index is 12.0. The van der Waals surface area contributed by atoms with E-state index in [0.29, 0.717) is 5.75 Å². The van der Waals surface area contributed by atoms with Crippen molar-refractivity contribution in [3.8, 4) is 5.75 Å². The van der Waals surface area contributed by atoms with Crippen molar-refractivity contribution in [2.45, 2.75) is 4.90 Å². The van der Waals surface area contributed by atoms with Crippen LogP contribution in [-0.4, -0.2) is 57.1 Å². The normalized spacial score (nSPS) is 11.2. The summed E-state index contributed by atoms with van der Waals surface area (Å²) in [4.78, 5) is 21.4. The summed E-state index contributed by atoms with van der Waals surface area (Å²) >= 11 is 0. The van der Waals surface area contributed by atoms with E-state index in [2.05, 4.69) is 4.74 Å². The minimum atomic E-state index is -3.88. The van der Waals surface area contributed by atoms with E-state index < -0.39 is 28.5 Å². The maximum Gasteiger partial charge on any atom is 0.343 e. The zero-order chi connectivity index (χ0) is 16.0. The van der Waals surface area contributed by atoms with Gasteiger partial charge in [0.25, 0.3) is 0 Å². The monoisotopic (exact) mass is 317 g/mol. The van der Waals surface area contributed by atoms with Crippen molar-refractivity contribution in [3.05, 3.63) is 24.3 Å². The van der Waals surface area contributed by atoms with Gasteiger partial charge in [-0.3, -0.25) is 4.79 Å². The third-order valence-corrected chi connectivity index (χ3v) is 4.29. The lowest BCUT2D eigenvalue weighted by atomic mass is 10.3. The molecule has 0 heterocycles. The summed E-state index contributed by atoms with van der Waals surface area (Å²) in [7, 11) is -1.49. The zero-order valence-electron chi connectivity index (χ0n) is 11.5. The Balaban J connectivity index is 2.81. The molecule has 0 radical (unpaired) electrons. The van der Waals surface area contributed by atoms with Gasteiger partial charge in [-0.2, -0.15) is 4.31 Å². The predicted octanol–water partition coefficient (Wildman–Crippen LogP) is -0.0565. The molecule has 1 rings (SSSR count). The van der Waals surface area contributed by atoms with Crippen molar-refractivity contribution in [2.75, 3.05) is 27.3 Å². The van der Waals surface area contributed by atoms with Gasteiger partial charge in [0.15, 0.2) is 6.61 Å². The zero-order valence-corrected chi connectivity index (χ0v) is 12.3. The number of hydrogen-bond donors (Lipinski definition) is 1. The topological polar surface area (TPSA) is 110 Å². The van der Waals surface area contributed by atoms with Gasteiger partial charge in [-0.15, -0.1) is 0 Å². The molecule has 9 heteroatoms. The highest BCUT2D eigenvalue weighted by atomic mass is 32.2. The summed E-state index contributed by atoms with van der Waals surface area (Å²) in [5, 5.41) is 8.61. The van der Waals surface area contributed by atoms with E-state index in [4.69, 9.17) is 9.84 Å². The molecule has 0 saturated heterocycles. The van der Waals surface area contributed by atoms with E-state index in [1.165, 1.54) is 38.4 Å². The number of rotatable bonds is 7. The van der Waals surface area contributed by atoms with Crippen LogP contribution < -0.4 is 4.74 Å². The van der Waals surface area contributed by atoms with Crippen LogP contribution >= 0.6 is 0 Å². The van der Waals surface area contributed by atoms with E-state index >= 15 is 0 Å². The SMILES string of the molecule is COC(=O)COc1ccc(S(=O)(=O)N(C)CC(=O)O)cc1. The predicted molar refractivity (Wildman–Crippen MR) is 71.4 cm³/mol. The van der Waals surface area contributed by atoms with Gasteiger partial charge in [-0.25, -0.2) is 13.2 Å². The molecule has 116 valence electrons. The molecule has 1 N–H and O–H groups in total. The first-order valence-electron chi connectivity index (χ1n) is 5.75. The van der Waals surface area contributed by atoms with E-state index in [9.17, 15) is 18.0 Å². The minimum Gasteiger partial charge on any atom is -0.482 e.